The third-order valence-electron chi connectivity index (χ3n) is 5.56. The quantitative estimate of drug-likeness (QED) is 0.499. The molecule has 0 radical (unpaired) electrons. The summed E-state index contributed by atoms with van der Waals surface area (Å²) in [4.78, 5) is 0. The standard InChI is InChI=1S/C26H35ClO2/c1-14(2)20-9-18(10-21(15(3)4)25(20)28)24(13-27)19-11-22(16(5)6)26(29)23(12-19)17(7)8/h9-17,28-29H,1-8H3. The van der Waals surface area contributed by atoms with Crippen molar-refractivity contribution < 1.29 is 10.2 Å². The third-order valence-corrected chi connectivity index (χ3v) is 5.78. The van der Waals surface area contributed by atoms with E-state index in [1.54, 1.807) is 5.54 Å². The Kier molecular flexibility index (Phi) is 7.45. The van der Waals surface area contributed by atoms with Gasteiger partial charge in [-0.2, -0.15) is 0 Å². The molecule has 2 nitrogen and oxygen atoms in total. The number of hydrogen-bond donors (Lipinski definition) is 2. The van der Waals surface area contributed by atoms with Gasteiger partial charge in [-0.1, -0.05) is 67.0 Å². The van der Waals surface area contributed by atoms with Crippen molar-refractivity contribution in [1.29, 1.82) is 0 Å². The number of rotatable bonds is 6. The van der Waals surface area contributed by atoms with Gasteiger partial charge in [-0.05, 0) is 81.3 Å². The second-order valence-electron chi connectivity index (χ2n) is 9.15. The van der Waals surface area contributed by atoms with Crippen molar-refractivity contribution in [3.8, 4) is 11.5 Å². The Labute approximate surface area is 181 Å². The molecule has 2 rings (SSSR count). The number of phenolic OH excluding ortho intramolecular Hbond substituents is 2. The third kappa shape index (κ3) is 4.80. The zero-order valence-electron chi connectivity index (χ0n) is 19.0. The predicted octanol–water partition coefficient (Wildman–Crippen LogP) is 8.22. The molecule has 29 heavy (non-hydrogen) atoms. The van der Waals surface area contributed by atoms with E-state index < -0.39 is 0 Å². The van der Waals surface area contributed by atoms with Gasteiger partial charge < -0.3 is 10.2 Å². The lowest BCUT2D eigenvalue weighted by Crippen LogP contribution is -2.02. The van der Waals surface area contributed by atoms with Gasteiger partial charge in [0.15, 0.2) is 0 Å². The van der Waals surface area contributed by atoms with Crippen molar-refractivity contribution in [2.75, 3.05) is 0 Å². The highest BCUT2D eigenvalue weighted by atomic mass is 35.5. The van der Waals surface area contributed by atoms with Crippen molar-refractivity contribution in [1.82, 2.24) is 0 Å². The van der Waals surface area contributed by atoms with Crippen LogP contribution in [0.15, 0.2) is 29.8 Å². The highest BCUT2D eigenvalue weighted by Gasteiger charge is 2.20. The summed E-state index contributed by atoms with van der Waals surface area (Å²) < 4.78 is 0. The number of phenols is 2. The Morgan fingerprint density at radius 3 is 1.03 bits per heavy atom. The summed E-state index contributed by atoms with van der Waals surface area (Å²) in [5.74, 6) is 1.54. The molecule has 0 fully saturated rings. The van der Waals surface area contributed by atoms with Crippen LogP contribution < -0.4 is 0 Å². The molecule has 0 aliphatic carbocycles. The van der Waals surface area contributed by atoms with E-state index >= 15 is 0 Å². The monoisotopic (exact) mass is 414 g/mol. The lowest BCUT2D eigenvalue weighted by Gasteiger charge is -2.21. The van der Waals surface area contributed by atoms with Gasteiger partial charge in [0, 0.05) is 11.1 Å². The van der Waals surface area contributed by atoms with E-state index in [2.05, 4.69) is 55.4 Å². The van der Waals surface area contributed by atoms with Crippen LogP contribution >= 0.6 is 11.6 Å². The zero-order chi connectivity index (χ0) is 22.0. The molecule has 158 valence electrons. The Bertz CT molecular complexity index is 775. The van der Waals surface area contributed by atoms with Gasteiger partial charge in [0.25, 0.3) is 0 Å². The molecular weight excluding hydrogens is 380 g/mol. The molecule has 3 heteroatoms. The first-order valence-corrected chi connectivity index (χ1v) is 11.0. The van der Waals surface area contributed by atoms with Crippen molar-refractivity contribution >= 4 is 17.2 Å². The molecule has 2 N–H and O–H groups in total. The highest BCUT2D eigenvalue weighted by Crippen LogP contribution is 2.41. The van der Waals surface area contributed by atoms with E-state index in [4.69, 9.17) is 11.6 Å². The smallest absolute Gasteiger partial charge is 0.122 e. The van der Waals surface area contributed by atoms with Crippen LogP contribution in [0.5, 0.6) is 11.5 Å². The molecule has 0 bridgehead atoms. The van der Waals surface area contributed by atoms with Crippen LogP contribution in [0.3, 0.4) is 0 Å². The molecule has 0 heterocycles. The molecule has 0 amide bonds. The number of aromatic hydroxyl groups is 2. The molecule has 0 aliphatic rings. The maximum atomic E-state index is 10.8. The normalized spacial score (nSPS) is 11.8. The molecule has 0 saturated heterocycles. The minimum atomic E-state index is 0.196. The lowest BCUT2D eigenvalue weighted by atomic mass is 9.85. The summed E-state index contributed by atoms with van der Waals surface area (Å²) in [5, 5.41) is 21.5. The van der Waals surface area contributed by atoms with E-state index in [1.807, 2.05) is 24.3 Å². The van der Waals surface area contributed by atoms with Crippen molar-refractivity contribution in [3.63, 3.8) is 0 Å². The molecular formula is C26H35ClO2. The predicted molar refractivity (Wildman–Crippen MR) is 126 cm³/mol. The van der Waals surface area contributed by atoms with Crippen LogP contribution in [0.2, 0.25) is 0 Å². The van der Waals surface area contributed by atoms with E-state index in [9.17, 15) is 10.2 Å². The Hall–Kier alpha value is -1.93. The molecule has 2 aromatic rings. The molecule has 0 aromatic heterocycles. The first kappa shape index (κ1) is 23.3. The average molecular weight is 415 g/mol. The van der Waals surface area contributed by atoms with Gasteiger partial charge in [0.2, 0.25) is 0 Å². The Balaban J connectivity index is 2.78. The summed E-state index contributed by atoms with van der Waals surface area (Å²) in [6.07, 6.45) is 0. The van der Waals surface area contributed by atoms with Gasteiger partial charge >= 0.3 is 0 Å². The highest BCUT2D eigenvalue weighted by molar-refractivity contribution is 6.29. The molecule has 0 unspecified atom stereocenters. The van der Waals surface area contributed by atoms with Crippen LogP contribution in [0.25, 0.3) is 5.57 Å². The van der Waals surface area contributed by atoms with E-state index in [0.717, 1.165) is 39.0 Å². The van der Waals surface area contributed by atoms with Crippen LogP contribution in [0.1, 0.15) is 112 Å². The number of hydrogen-bond acceptors (Lipinski definition) is 2. The number of halogens is 1. The summed E-state index contributed by atoms with van der Waals surface area (Å²) in [5.41, 5.74) is 8.19. The maximum absolute atomic E-state index is 10.8. The van der Waals surface area contributed by atoms with Crippen molar-refractivity contribution in [2.45, 2.75) is 79.1 Å². The average Bonchev–Trinajstić information content (AvgIpc) is 2.63. The molecule has 2 aromatic carbocycles. The van der Waals surface area contributed by atoms with Crippen LogP contribution in [0, 0.1) is 0 Å². The van der Waals surface area contributed by atoms with Crippen molar-refractivity contribution in [3.05, 3.63) is 63.2 Å². The first-order chi connectivity index (χ1) is 13.5. The van der Waals surface area contributed by atoms with Gasteiger partial charge in [0.1, 0.15) is 11.5 Å². The van der Waals surface area contributed by atoms with Crippen molar-refractivity contribution in [2.24, 2.45) is 0 Å². The fourth-order valence-corrected chi connectivity index (χ4v) is 3.98. The van der Waals surface area contributed by atoms with Gasteiger partial charge in [-0.25, -0.2) is 0 Å². The molecule has 0 atom stereocenters. The summed E-state index contributed by atoms with van der Waals surface area (Å²) >= 11 is 6.36. The van der Waals surface area contributed by atoms with E-state index in [1.165, 1.54) is 0 Å². The van der Waals surface area contributed by atoms with Crippen LogP contribution in [0.4, 0.5) is 0 Å². The van der Waals surface area contributed by atoms with E-state index in [0.29, 0.717) is 11.5 Å². The SMILES string of the molecule is CC(C)c1cc(C(=CCl)c2cc(C(C)C)c(O)c(C(C)C)c2)cc(C(C)C)c1O. The zero-order valence-corrected chi connectivity index (χ0v) is 19.7. The fraction of sp³-hybridized carbons (Fsp3) is 0.462. The minimum Gasteiger partial charge on any atom is -0.507 e. The van der Waals surface area contributed by atoms with Gasteiger partial charge in [-0.15, -0.1) is 0 Å². The summed E-state index contributed by atoms with van der Waals surface area (Å²) in [7, 11) is 0. The maximum Gasteiger partial charge on any atom is 0.122 e. The Morgan fingerprint density at radius 2 is 0.862 bits per heavy atom. The van der Waals surface area contributed by atoms with Crippen LogP contribution in [-0.4, -0.2) is 10.2 Å². The lowest BCUT2D eigenvalue weighted by molar-refractivity contribution is 0.454. The second kappa shape index (κ2) is 9.26. The second-order valence-corrected chi connectivity index (χ2v) is 9.37. The summed E-state index contributed by atoms with van der Waals surface area (Å²) in [6, 6.07) is 8.15. The topological polar surface area (TPSA) is 40.5 Å². The molecule has 0 aliphatic heterocycles. The summed E-state index contributed by atoms with van der Waals surface area (Å²) in [6.45, 7) is 16.7. The molecule has 0 spiro atoms. The van der Waals surface area contributed by atoms with Gasteiger partial charge in [-0.3, -0.25) is 0 Å². The molecule has 0 saturated carbocycles. The van der Waals surface area contributed by atoms with Crippen LogP contribution in [-0.2, 0) is 0 Å². The fourth-order valence-electron chi connectivity index (χ4n) is 3.72. The van der Waals surface area contributed by atoms with E-state index in [-0.39, 0.29) is 23.7 Å². The minimum absolute atomic E-state index is 0.196. The first-order valence-electron chi connectivity index (χ1n) is 10.5. The number of benzene rings is 2. The Morgan fingerprint density at radius 1 is 0.621 bits per heavy atom. The largest absolute Gasteiger partial charge is 0.507 e. The van der Waals surface area contributed by atoms with Gasteiger partial charge in [0.05, 0.1) is 0 Å².